The Morgan fingerprint density at radius 2 is 2.18 bits per heavy atom. The van der Waals surface area contributed by atoms with Crippen LogP contribution >= 0.6 is 11.6 Å². The lowest BCUT2D eigenvalue weighted by atomic mass is 10.4. The smallest absolute Gasteiger partial charge is 0.208 e. The Kier molecular flexibility index (Phi) is 3.49. The molecule has 0 aliphatic carbocycles. The topological polar surface area (TPSA) is 55.9 Å². The van der Waals surface area contributed by atoms with Crippen LogP contribution in [0.25, 0.3) is 0 Å². The maximum atomic E-state index is 5.89. The number of halogens is 1. The standard InChI is InChI=1S/C11H15ClN4O/c1-7-8(2)17-11(15-7)6-13-5-10-14-4-9(12)16(10)3/h4,13H,5-6H2,1-3H3. The number of hydrogen-bond acceptors (Lipinski definition) is 4. The van der Waals surface area contributed by atoms with Gasteiger partial charge in [-0.3, -0.25) is 0 Å². The number of aryl methyl sites for hydroxylation is 2. The van der Waals surface area contributed by atoms with E-state index >= 15 is 0 Å². The number of imidazole rings is 1. The summed E-state index contributed by atoms with van der Waals surface area (Å²) in [5.41, 5.74) is 0.932. The van der Waals surface area contributed by atoms with Crippen molar-refractivity contribution in [3.8, 4) is 0 Å². The Bertz CT molecular complexity index is 498. The van der Waals surface area contributed by atoms with Crippen molar-refractivity contribution in [2.75, 3.05) is 0 Å². The SMILES string of the molecule is Cc1nc(CNCc2ncc(Cl)n2C)oc1C. The first-order valence-electron chi connectivity index (χ1n) is 5.37. The van der Waals surface area contributed by atoms with Crippen LogP contribution < -0.4 is 5.32 Å². The predicted molar refractivity (Wildman–Crippen MR) is 64.7 cm³/mol. The summed E-state index contributed by atoms with van der Waals surface area (Å²) in [6.45, 7) is 5.05. The van der Waals surface area contributed by atoms with Crippen LogP contribution in [0.1, 0.15) is 23.2 Å². The van der Waals surface area contributed by atoms with E-state index in [1.54, 1.807) is 6.20 Å². The van der Waals surface area contributed by atoms with Crippen LogP contribution in [0.5, 0.6) is 0 Å². The largest absolute Gasteiger partial charge is 0.444 e. The molecule has 0 spiro atoms. The highest BCUT2D eigenvalue weighted by Crippen LogP contribution is 2.10. The number of rotatable bonds is 4. The third-order valence-corrected chi connectivity index (χ3v) is 3.01. The van der Waals surface area contributed by atoms with Crippen molar-refractivity contribution in [3.63, 3.8) is 0 Å². The normalized spacial score (nSPS) is 11.1. The first-order valence-corrected chi connectivity index (χ1v) is 5.75. The zero-order valence-electron chi connectivity index (χ0n) is 10.1. The number of oxazole rings is 1. The van der Waals surface area contributed by atoms with Gasteiger partial charge in [0, 0.05) is 7.05 Å². The first kappa shape index (κ1) is 12.1. The maximum Gasteiger partial charge on any atom is 0.208 e. The first-order chi connectivity index (χ1) is 8.08. The molecule has 92 valence electrons. The van der Waals surface area contributed by atoms with Gasteiger partial charge in [0.1, 0.15) is 16.7 Å². The van der Waals surface area contributed by atoms with Gasteiger partial charge < -0.3 is 14.3 Å². The van der Waals surface area contributed by atoms with E-state index in [2.05, 4.69) is 15.3 Å². The molecule has 0 bridgehead atoms. The number of nitrogens with one attached hydrogen (secondary N) is 1. The molecule has 2 heterocycles. The molecule has 0 radical (unpaired) electrons. The van der Waals surface area contributed by atoms with Crippen LogP contribution in [0.3, 0.4) is 0 Å². The Morgan fingerprint density at radius 1 is 1.41 bits per heavy atom. The highest BCUT2D eigenvalue weighted by Gasteiger charge is 2.07. The van der Waals surface area contributed by atoms with Crippen molar-refractivity contribution in [3.05, 3.63) is 34.5 Å². The summed E-state index contributed by atoms with van der Waals surface area (Å²) in [6, 6.07) is 0. The van der Waals surface area contributed by atoms with E-state index in [4.69, 9.17) is 16.0 Å². The van der Waals surface area contributed by atoms with Gasteiger partial charge in [-0.25, -0.2) is 9.97 Å². The molecule has 2 aromatic rings. The molecule has 0 aromatic carbocycles. The average molecular weight is 255 g/mol. The maximum absolute atomic E-state index is 5.89. The van der Waals surface area contributed by atoms with Crippen molar-refractivity contribution in [1.29, 1.82) is 0 Å². The number of hydrogen-bond donors (Lipinski definition) is 1. The second kappa shape index (κ2) is 4.89. The molecule has 0 atom stereocenters. The third kappa shape index (κ3) is 2.68. The summed E-state index contributed by atoms with van der Waals surface area (Å²) < 4.78 is 7.29. The van der Waals surface area contributed by atoms with Gasteiger partial charge in [0.2, 0.25) is 5.89 Å². The quantitative estimate of drug-likeness (QED) is 0.906. The molecule has 17 heavy (non-hydrogen) atoms. The molecule has 0 aliphatic heterocycles. The summed E-state index contributed by atoms with van der Waals surface area (Å²) in [5.74, 6) is 2.44. The van der Waals surface area contributed by atoms with Crippen LogP contribution in [-0.2, 0) is 20.1 Å². The fourth-order valence-corrected chi connectivity index (χ4v) is 1.63. The van der Waals surface area contributed by atoms with Gasteiger partial charge in [-0.15, -0.1) is 0 Å². The minimum absolute atomic E-state index is 0.582. The Balaban J connectivity index is 1.89. The molecule has 0 unspecified atom stereocenters. The highest BCUT2D eigenvalue weighted by atomic mass is 35.5. The molecular formula is C11H15ClN4O. The molecule has 0 aliphatic rings. The monoisotopic (exact) mass is 254 g/mol. The Labute approximate surface area is 105 Å². The summed E-state index contributed by atoms with van der Waals surface area (Å²) in [4.78, 5) is 8.47. The van der Waals surface area contributed by atoms with Gasteiger partial charge in [-0.1, -0.05) is 11.6 Å². The van der Waals surface area contributed by atoms with Gasteiger partial charge in [0.25, 0.3) is 0 Å². The van der Waals surface area contributed by atoms with Gasteiger partial charge in [-0.05, 0) is 13.8 Å². The predicted octanol–water partition coefficient (Wildman–Crippen LogP) is 1.97. The number of aromatic nitrogens is 3. The minimum atomic E-state index is 0.582. The van der Waals surface area contributed by atoms with Crippen LogP contribution in [0.4, 0.5) is 0 Å². The molecule has 1 N–H and O–H groups in total. The van der Waals surface area contributed by atoms with Crippen molar-refractivity contribution >= 4 is 11.6 Å². The second-order valence-electron chi connectivity index (χ2n) is 3.91. The van der Waals surface area contributed by atoms with Gasteiger partial charge >= 0.3 is 0 Å². The second-order valence-corrected chi connectivity index (χ2v) is 4.30. The third-order valence-electron chi connectivity index (χ3n) is 2.66. The summed E-state index contributed by atoms with van der Waals surface area (Å²) in [5, 5.41) is 3.84. The van der Waals surface area contributed by atoms with E-state index in [1.807, 2.05) is 25.5 Å². The molecule has 2 aromatic heterocycles. The minimum Gasteiger partial charge on any atom is -0.444 e. The van der Waals surface area contributed by atoms with E-state index in [0.29, 0.717) is 24.1 Å². The zero-order valence-corrected chi connectivity index (χ0v) is 10.9. The fraction of sp³-hybridized carbons (Fsp3) is 0.455. The summed E-state index contributed by atoms with van der Waals surface area (Å²) >= 11 is 5.89. The molecule has 0 fully saturated rings. The van der Waals surface area contributed by atoms with Crippen molar-refractivity contribution in [1.82, 2.24) is 19.9 Å². The van der Waals surface area contributed by atoms with E-state index in [9.17, 15) is 0 Å². The van der Waals surface area contributed by atoms with Gasteiger partial charge in [-0.2, -0.15) is 0 Å². The van der Waals surface area contributed by atoms with Crippen LogP contribution in [-0.4, -0.2) is 14.5 Å². The molecule has 6 heteroatoms. The van der Waals surface area contributed by atoms with Crippen LogP contribution in [0.15, 0.2) is 10.6 Å². The number of nitrogens with zero attached hydrogens (tertiary/aromatic N) is 3. The lowest BCUT2D eigenvalue weighted by Gasteiger charge is -2.03. The molecule has 0 saturated heterocycles. The van der Waals surface area contributed by atoms with Crippen molar-refractivity contribution in [2.24, 2.45) is 7.05 Å². The van der Waals surface area contributed by atoms with Gasteiger partial charge in [0.15, 0.2) is 0 Å². The Morgan fingerprint density at radius 3 is 2.71 bits per heavy atom. The van der Waals surface area contributed by atoms with E-state index in [-0.39, 0.29) is 0 Å². The van der Waals surface area contributed by atoms with E-state index in [0.717, 1.165) is 17.3 Å². The molecule has 2 rings (SSSR count). The van der Waals surface area contributed by atoms with Crippen molar-refractivity contribution in [2.45, 2.75) is 26.9 Å². The average Bonchev–Trinajstić information content (AvgIpc) is 2.76. The summed E-state index contributed by atoms with van der Waals surface area (Å²) in [7, 11) is 1.88. The van der Waals surface area contributed by atoms with Crippen LogP contribution in [0.2, 0.25) is 5.15 Å². The summed E-state index contributed by atoms with van der Waals surface area (Å²) in [6.07, 6.45) is 1.64. The Hall–Kier alpha value is -1.33. The lowest BCUT2D eigenvalue weighted by Crippen LogP contribution is -2.16. The molecule has 5 nitrogen and oxygen atoms in total. The van der Waals surface area contributed by atoms with E-state index < -0.39 is 0 Å². The molecule has 0 amide bonds. The molecular weight excluding hydrogens is 240 g/mol. The highest BCUT2D eigenvalue weighted by molar-refractivity contribution is 6.29. The fourth-order valence-electron chi connectivity index (χ4n) is 1.48. The van der Waals surface area contributed by atoms with Crippen molar-refractivity contribution < 1.29 is 4.42 Å². The van der Waals surface area contributed by atoms with Gasteiger partial charge in [0.05, 0.1) is 25.0 Å². The van der Waals surface area contributed by atoms with E-state index in [1.165, 1.54) is 0 Å². The lowest BCUT2D eigenvalue weighted by molar-refractivity contribution is 0.445. The van der Waals surface area contributed by atoms with Crippen LogP contribution in [0, 0.1) is 13.8 Å². The molecule has 0 saturated carbocycles. The zero-order chi connectivity index (χ0) is 12.4.